The maximum Gasteiger partial charge on any atom is 0.188 e. The maximum atomic E-state index is 13.2. The number of benzene rings is 1. The van der Waals surface area contributed by atoms with Gasteiger partial charge in [0.25, 0.3) is 0 Å². The average Bonchev–Trinajstić information content (AvgIpc) is 3.25. The molecule has 0 spiro atoms. The molecule has 5 nitrogen and oxygen atoms in total. The van der Waals surface area contributed by atoms with Gasteiger partial charge in [-0.3, -0.25) is 0 Å². The monoisotopic (exact) mass is 355 g/mol. The molecule has 1 aliphatic heterocycles. The molecule has 0 amide bonds. The van der Waals surface area contributed by atoms with Crippen molar-refractivity contribution >= 4 is 28.1 Å². The SMILES string of the molecule is Cc1cnc(Nc2cc(N3CCCC3c3ccc(F)cc3)ncn2)s1. The molecule has 128 valence electrons. The Labute approximate surface area is 149 Å². The van der Waals surface area contributed by atoms with Gasteiger partial charge in [0.2, 0.25) is 0 Å². The maximum absolute atomic E-state index is 13.2. The summed E-state index contributed by atoms with van der Waals surface area (Å²) >= 11 is 1.59. The number of rotatable bonds is 4. The van der Waals surface area contributed by atoms with Crippen molar-refractivity contribution in [1.29, 1.82) is 0 Å². The van der Waals surface area contributed by atoms with Crippen LogP contribution in [-0.4, -0.2) is 21.5 Å². The predicted octanol–water partition coefficient (Wildman–Crippen LogP) is 4.47. The molecule has 7 heteroatoms. The molecular weight excluding hydrogens is 337 g/mol. The molecule has 1 saturated heterocycles. The highest BCUT2D eigenvalue weighted by molar-refractivity contribution is 7.15. The van der Waals surface area contributed by atoms with E-state index >= 15 is 0 Å². The first kappa shape index (κ1) is 16.0. The first-order valence-corrected chi connectivity index (χ1v) is 9.04. The van der Waals surface area contributed by atoms with Crippen molar-refractivity contribution in [2.45, 2.75) is 25.8 Å². The van der Waals surface area contributed by atoms with Gasteiger partial charge in [-0.05, 0) is 37.5 Å². The quantitative estimate of drug-likeness (QED) is 0.748. The minimum absolute atomic E-state index is 0.208. The molecule has 25 heavy (non-hydrogen) atoms. The third-order valence-corrected chi connectivity index (χ3v) is 5.14. The van der Waals surface area contributed by atoms with Gasteiger partial charge in [0.15, 0.2) is 5.13 Å². The highest BCUT2D eigenvalue weighted by atomic mass is 32.1. The topological polar surface area (TPSA) is 53.9 Å². The lowest BCUT2D eigenvalue weighted by Crippen LogP contribution is -2.23. The van der Waals surface area contributed by atoms with E-state index in [2.05, 4.69) is 25.2 Å². The zero-order valence-corrected chi connectivity index (χ0v) is 14.6. The lowest BCUT2D eigenvalue weighted by Gasteiger charge is -2.26. The number of halogens is 1. The van der Waals surface area contributed by atoms with Crippen LogP contribution < -0.4 is 10.2 Å². The van der Waals surface area contributed by atoms with E-state index in [1.54, 1.807) is 17.7 Å². The minimum Gasteiger partial charge on any atom is -0.349 e. The minimum atomic E-state index is -0.208. The lowest BCUT2D eigenvalue weighted by molar-refractivity contribution is 0.624. The van der Waals surface area contributed by atoms with Crippen LogP contribution in [0.15, 0.2) is 42.9 Å². The van der Waals surface area contributed by atoms with E-state index < -0.39 is 0 Å². The van der Waals surface area contributed by atoms with Crippen molar-refractivity contribution in [3.63, 3.8) is 0 Å². The molecule has 4 rings (SSSR count). The molecule has 3 heterocycles. The number of nitrogens with zero attached hydrogens (tertiary/aromatic N) is 4. The Morgan fingerprint density at radius 3 is 2.80 bits per heavy atom. The molecular formula is C18H18FN5S. The Bertz CT molecular complexity index is 864. The fourth-order valence-corrected chi connectivity index (χ4v) is 3.84. The van der Waals surface area contributed by atoms with Crippen molar-refractivity contribution in [1.82, 2.24) is 15.0 Å². The van der Waals surface area contributed by atoms with E-state index in [-0.39, 0.29) is 11.9 Å². The number of aryl methyl sites for hydroxylation is 1. The van der Waals surface area contributed by atoms with Crippen LogP contribution >= 0.6 is 11.3 Å². The molecule has 0 aliphatic carbocycles. The summed E-state index contributed by atoms with van der Waals surface area (Å²) in [7, 11) is 0. The van der Waals surface area contributed by atoms with Crippen LogP contribution in [0.25, 0.3) is 0 Å². The van der Waals surface area contributed by atoms with E-state index in [1.807, 2.05) is 31.3 Å². The van der Waals surface area contributed by atoms with Crippen molar-refractivity contribution in [3.8, 4) is 0 Å². The van der Waals surface area contributed by atoms with Gasteiger partial charge in [0, 0.05) is 23.7 Å². The summed E-state index contributed by atoms with van der Waals surface area (Å²) in [5.74, 6) is 1.39. The van der Waals surface area contributed by atoms with Crippen molar-refractivity contribution < 1.29 is 4.39 Å². The molecule has 0 saturated carbocycles. The molecule has 3 aromatic rings. The van der Waals surface area contributed by atoms with Gasteiger partial charge in [-0.1, -0.05) is 12.1 Å². The first-order chi connectivity index (χ1) is 12.2. The van der Waals surface area contributed by atoms with Crippen molar-refractivity contribution in [2.75, 3.05) is 16.8 Å². The molecule has 2 aromatic heterocycles. The molecule has 1 aliphatic rings. The fraction of sp³-hybridized carbons (Fsp3) is 0.278. The Kier molecular flexibility index (Phi) is 4.31. The highest BCUT2D eigenvalue weighted by Gasteiger charge is 2.27. The van der Waals surface area contributed by atoms with Gasteiger partial charge in [-0.2, -0.15) is 0 Å². The second-order valence-electron chi connectivity index (χ2n) is 6.07. The predicted molar refractivity (Wildman–Crippen MR) is 97.9 cm³/mol. The molecule has 0 bridgehead atoms. The molecule has 1 fully saturated rings. The van der Waals surface area contributed by atoms with Gasteiger partial charge in [-0.15, -0.1) is 11.3 Å². The molecule has 1 atom stereocenters. The van der Waals surface area contributed by atoms with Crippen molar-refractivity contribution in [3.05, 3.63) is 59.1 Å². The number of hydrogen-bond acceptors (Lipinski definition) is 6. The van der Waals surface area contributed by atoms with Gasteiger partial charge in [0.05, 0.1) is 6.04 Å². The average molecular weight is 355 g/mol. The van der Waals surface area contributed by atoms with Crippen LogP contribution in [0, 0.1) is 12.7 Å². The standard InChI is InChI=1S/C18H18FN5S/c1-12-10-20-18(25-12)23-16-9-17(22-11-21-16)24-8-2-3-15(24)13-4-6-14(19)7-5-13/h4-7,9-11,15H,2-3,8H2,1H3,(H,20,21,22,23). The van der Waals surface area contributed by atoms with E-state index in [4.69, 9.17) is 0 Å². The Morgan fingerprint density at radius 2 is 2.04 bits per heavy atom. The Morgan fingerprint density at radius 1 is 1.20 bits per heavy atom. The van der Waals surface area contributed by atoms with Gasteiger partial charge in [0.1, 0.15) is 23.8 Å². The smallest absolute Gasteiger partial charge is 0.188 e. The lowest BCUT2D eigenvalue weighted by atomic mass is 10.0. The molecule has 1 unspecified atom stereocenters. The number of anilines is 3. The van der Waals surface area contributed by atoms with Crippen LogP contribution in [0.2, 0.25) is 0 Å². The van der Waals surface area contributed by atoms with Crippen LogP contribution in [0.5, 0.6) is 0 Å². The van der Waals surface area contributed by atoms with E-state index in [0.29, 0.717) is 0 Å². The molecule has 0 radical (unpaired) electrons. The van der Waals surface area contributed by atoms with Crippen LogP contribution in [0.1, 0.15) is 29.3 Å². The summed E-state index contributed by atoms with van der Waals surface area (Å²) in [6.45, 7) is 2.95. The Hall–Kier alpha value is -2.54. The van der Waals surface area contributed by atoms with Gasteiger partial charge >= 0.3 is 0 Å². The highest BCUT2D eigenvalue weighted by Crippen LogP contribution is 2.35. The zero-order valence-electron chi connectivity index (χ0n) is 13.8. The first-order valence-electron chi connectivity index (χ1n) is 8.22. The van der Waals surface area contributed by atoms with Gasteiger partial charge in [-0.25, -0.2) is 19.3 Å². The van der Waals surface area contributed by atoms with Gasteiger partial charge < -0.3 is 10.2 Å². The number of thiazole rings is 1. The molecule has 1 N–H and O–H groups in total. The molecule has 1 aromatic carbocycles. The summed E-state index contributed by atoms with van der Waals surface area (Å²) in [6.07, 6.45) is 5.52. The largest absolute Gasteiger partial charge is 0.349 e. The van der Waals surface area contributed by atoms with E-state index in [0.717, 1.165) is 46.6 Å². The Balaban J connectivity index is 1.58. The third-order valence-electron chi connectivity index (χ3n) is 4.31. The number of hydrogen-bond donors (Lipinski definition) is 1. The summed E-state index contributed by atoms with van der Waals surface area (Å²) in [5, 5.41) is 4.05. The van der Waals surface area contributed by atoms with E-state index in [9.17, 15) is 4.39 Å². The summed E-state index contributed by atoms with van der Waals surface area (Å²) < 4.78 is 13.2. The van der Waals surface area contributed by atoms with Crippen molar-refractivity contribution in [2.24, 2.45) is 0 Å². The summed E-state index contributed by atoms with van der Waals surface area (Å²) in [5.41, 5.74) is 1.11. The van der Waals surface area contributed by atoms with Crippen LogP contribution in [0.3, 0.4) is 0 Å². The van der Waals surface area contributed by atoms with Crippen LogP contribution in [0.4, 0.5) is 21.2 Å². The normalized spacial score (nSPS) is 17.0. The second kappa shape index (κ2) is 6.76. The fourth-order valence-electron chi connectivity index (χ4n) is 3.17. The van der Waals surface area contributed by atoms with E-state index in [1.165, 1.54) is 12.1 Å². The summed E-state index contributed by atoms with van der Waals surface area (Å²) in [4.78, 5) is 16.4. The van der Waals surface area contributed by atoms with Crippen LogP contribution in [-0.2, 0) is 0 Å². The number of aromatic nitrogens is 3. The number of nitrogens with one attached hydrogen (secondary N) is 1. The third kappa shape index (κ3) is 3.46. The zero-order chi connectivity index (χ0) is 17.2. The second-order valence-corrected chi connectivity index (χ2v) is 7.30. The summed E-state index contributed by atoms with van der Waals surface area (Å²) in [6, 6.07) is 8.91.